The Balaban J connectivity index is 0. The van der Waals surface area contributed by atoms with Crippen molar-refractivity contribution >= 4 is 11.9 Å². The number of carbonyl (C=O) groups is 2. The number of hydrogen-bond acceptors (Lipinski definition) is 6. The molecule has 0 aromatic heterocycles. The Morgan fingerprint density at radius 1 is 1.00 bits per heavy atom. The molecule has 8 nitrogen and oxygen atoms in total. The minimum atomic E-state index is -0.849. The molecule has 0 spiro atoms. The Morgan fingerprint density at radius 2 is 1.56 bits per heavy atom. The first-order chi connectivity index (χ1) is 8.33. The van der Waals surface area contributed by atoms with Crippen LogP contribution in [0.3, 0.4) is 0 Å². The number of nitrogens with two attached hydrogens (primary N) is 2. The van der Waals surface area contributed by atoms with Gasteiger partial charge in [-0.25, -0.2) is 0 Å². The van der Waals surface area contributed by atoms with Crippen molar-refractivity contribution in [2.75, 3.05) is 46.9 Å². The number of rotatable bonds is 8. The second kappa shape index (κ2) is 12.2. The van der Waals surface area contributed by atoms with E-state index in [4.69, 9.17) is 21.7 Å². The Kier molecular flexibility index (Phi) is 13.0. The van der Waals surface area contributed by atoms with E-state index in [1.165, 1.54) is 4.90 Å². The Hall–Kier alpha value is -1.22. The summed E-state index contributed by atoms with van der Waals surface area (Å²) in [6.45, 7) is 2.21. The molecule has 0 atom stereocenters. The third-order valence-electron chi connectivity index (χ3n) is 1.94. The van der Waals surface area contributed by atoms with Gasteiger partial charge in [-0.1, -0.05) is 0 Å². The lowest BCUT2D eigenvalue weighted by Gasteiger charge is -2.12. The van der Waals surface area contributed by atoms with E-state index in [-0.39, 0.29) is 19.6 Å². The molecule has 0 fully saturated rings. The van der Waals surface area contributed by atoms with Crippen LogP contribution in [0.5, 0.6) is 0 Å². The van der Waals surface area contributed by atoms with Gasteiger partial charge in [-0.3, -0.25) is 14.5 Å². The van der Waals surface area contributed by atoms with Gasteiger partial charge in [-0.15, -0.1) is 0 Å². The van der Waals surface area contributed by atoms with Crippen LogP contribution >= 0.6 is 0 Å². The molecule has 0 aliphatic heterocycles. The largest absolute Gasteiger partial charge is 0.481 e. The molecule has 8 heteroatoms. The van der Waals surface area contributed by atoms with Gasteiger partial charge < -0.3 is 26.6 Å². The molecule has 0 heterocycles. The SMILES string of the molecule is CN(CCN)CCC(=O)O.CN(CN)CC(=O)O. The van der Waals surface area contributed by atoms with Crippen molar-refractivity contribution in [1.29, 1.82) is 0 Å². The van der Waals surface area contributed by atoms with Gasteiger partial charge in [0.1, 0.15) is 0 Å². The highest BCUT2D eigenvalue weighted by atomic mass is 16.4. The van der Waals surface area contributed by atoms with Crippen LogP contribution in [0.1, 0.15) is 6.42 Å². The first-order valence-corrected chi connectivity index (χ1v) is 5.54. The van der Waals surface area contributed by atoms with Crippen molar-refractivity contribution in [1.82, 2.24) is 9.80 Å². The normalized spacial score (nSPS) is 10.1. The molecule has 0 saturated heterocycles. The number of hydrogen-bond donors (Lipinski definition) is 4. The summed E-state index contributed by atoms with van der Waals surface area (Å²) < 4.78 is 0. The minimum Gasteiger partial charge on any atom is -0.481 e. The van der Waals surface area contributed by atoms with Crippen LogP contribution in [-0.4, -0.2) is 78.9 Å². The van der Waals surface area contributed by atoms with Gasteiger partial charge in [-0.2, -0.15) is 0 Å². The highest BCUT2D eigenvalue weighted by Gasteiger charge is 2.00. The number of carboxylic acid groups (broad SMARTS) is 2. The van der Waals surface area contributed by atoms with E-state index in [0.29, 0.717) is 13.1 Å². The average molecular weight is 264 g/mol. The summed E-state index contributed by atoms with van der Waals surface area (Å²) in [5.74, 6) is -1.61. The second-order valence-electron chi connectivity index (χ2n) is 3.83. The summed E-state index contributed by atoms with van der Waals surface area (Å²) in [4.78, 5) is 23.3. The smallest absolute Gasteiger partial charge is 0.317 e. The molecule has 0 aromatic carbocycles. The maximum Gasteiger partial charge on any atom is 0.317 e. The second-order valence-corrected chi connectivity index (χ2v) is 3.83. The molecule has 0 radical (unpaired) electrons. The number of aliphatic carboxylic acids is 2. The highest BCUT2D eigenvalue weighted by Crippen LogP contribution is 1.84. The van der Waals surface area contributed by atoms with Crippen LogP contribution in [0.4, 0.5) is 0 Å². The first-order valence-electron chi connectivity index (χ1n) is 5.54. The predicted molar refractivity (Wildman–Crippen MR) is 68.1 cm³/mol. The fourth-order valence-corrected chi connectivity index (χ4v) is 0.914. The molecule has 0 aliphatic rings. The molecule has 0 amide bonds. The van der Waals surface area contributed by atoms with Crippen molar-refractivity contribution in [3.05, 3.63) is 0 Å². The fraction of sp³-hybridized carbons (Fsp3) is 0.800. The zero-order valence-electron chi connectivity index (χ0n) is 11.0. The van der Waals surface area contributed by atoms with Crippen molar-refractivity contribution in [3.63, 3.8) is 0 Å². The summed E-state index contributed by atoms with van der Waals surface area (Å²) in [7, 11) is 3.50. The lowest BCUT2D eigenvalue weighted by Crippen LogP contribution is -2.30. The molecule has 0 rings (SSSR count). The van der Waals surface area contributed by atoms with Gasteiger partial charge in [0.05, 0.1) is 13.0 Å². The van der Waals surface area contributed by atoms with Crippen molar-refractivity contribution in [2.45, 2.75) is 6.42 Å². The summed E-state index contributed by atoms with van der Waals surface area (Å²) in [5.41, 5.74) is 10.3. The van der Waals surface area contributed by atoms with Crippen molar-refractivity contribution in [2.24, 2.45) is 11.5 Å². The lowest BCUT2D eigenvalue weighted by molar-refractivity contribution is -0.138. The van der Waals surface area contributed by atoms with Crippen molar-refractivity contribution < 1.29 is 19.8 Å². The Labute approximate surface area is 107 Å². The van der Waals surface area contributed by atoms with E-state index in [2.05, 4.69) is 0 Å². The fourth-order valence-electron chi connectivity index (χ4n) is 0.914. The van der Waals surface area contributed by atoms with E-state index in [1.807, 2.05) is 11.9 Å². The standard InChI is InChI=1S/C6H14N2O2.C4H10N2O2/c1-8(5-3-7)4-2-6(9)10;1-6(3-5)2-4(7)8/h2-5,7H2,1H3,(H,9,10);2-3,5H2,1H3,(H,7,8). The van der Waals surface area contributed by atoms with Gasteiger partial charge in [-0.05, 0) is 14.1 Å². The third kappa shape index (κ3) is 17.2. The summed E-state index contributed by atoms with van der Waals surface area (Å²) in [6.07, 6.45) is 0.191. The molecule has 0 saturated carbocycles. The van der Waals surface area contributed by atoms with Gasteiger partial charge in [0.15, 0.2) is 0 Å². The highest BCUT2D eigenvalue weighted by molar-refractivity contribution is 5.69. The molecule has 0 unspecified atom stereocenters. The van der Waals surface area contributed by atoms with E-state index >= 15 is 0 Å². The quantitative estimate of drug-likeness (QED) is 0.380. The summed E-state index contributed by atoms with van der Waals surface area (Å²) >= 11 is 0. The van der Waals surface area contributed by atoms with Crippen LogP contribution in [0, 0.1) is 0 Å². The number of likely N-dealkylation sites (N-methyl/N-ethyl adjacent to an activating group) is 2. The third-order valence-corrected chi connectivity index (χ3v) is 1.94. The monoisotopic (exact) mass is 264 g/mol. The summed E-state index contributed by atoms with van der Waals surface area (Å²) in [6, 6.07) is 0. The summed E-state index contributed by atoms with van der Waals surface area (Å²) in [5, 5.41) is 16.4. The van der Waals surface area contributed by atoms with Crippen LogP contribution < -0.4 is 11.5 Å². The number of nitrogens with zero attached hydrogens (tertiary/aromatic N) is 2. The minimum absolute atomic E-state index is 0.0104. The Bertz CT molecular complexity index is 238. The van der Waals surface area contributed by atoms with Crippen LogP contribution in [0.25, 0.3) is 0 Å². The van der Waals surface area contributed by atoms with E-state index < -0.39 is 11.9 Å². The molecule has 108 valence electrons. The molecular formula is C10H24N4O4. The van der Waals surface area contributed by atoms with Gasteiger partial charge >= 0.3 is 11.9 Å². The van der Waals surface area contributed by atoms with Crippen molar-refractivity contribution in [3.8, 4) is 0 Å². The van der Waals surface area contributed by atoms with E-state index in [1.54, 1.807) is 7.05 Å². The maximum absolute atomic E-state index is 10.1. The Morgan fingerprint density at radius 3 is 1.83 bits per heavy atom. The van der Waals surface area contributed by atoms with E-state index in [9.17, 15) is 9.59 Å². The zero-order chi connectivity index (χ0) is 14.6. The topological polar surface area (TPSA) is 133 Å². The molecular weight excluding hydrogens is 240 g/mol. The molecule has 0 aromatic rings. The van der Waals surface area contributed by atoms with Gasteiger partial charge in [0.2, 0.25) is 0 Å². The molecule has 0 bridgehead atoms. The zero-order valence-corrected chi connectivity index (χ0v) is 11.0. The lowest BCUT2D eigenvalue weighted by atomic mass is 10.4. The molecule has 18 heavy (non-hydrogen) atoms. The maximum atomic E-state index is 10.1. The number of carboxylic acids is 2. The van der Waals surface area contributed by atoms with Crippen LogP contribution in [-0.2, 0) is 9.59 Å². The van der Waals surface area contributed by atoms with Gasteiger partial charge in [0.25, 0.3) is 0 Å². The average Bonchev–Trinajstić information content (AvgIpc) is 2.26. The van der Waals surface area contributed by atoms with Crippen LogP contribution in [0.2, 0.25) is 0 Å². The predicted octanol–water partition coefficient (Wildman–Crippen LogP) is -1.73. The molecule has 6 N–H and O–H groups in total. The molecule has 0 aliphatic carbocycles. The van der Waals surface area contributed by atoms with E-state index in [0.717, 1.165) is 6.54 Å². The first kappa shape index (κ1) is 19.1. The van der Waals surface area contributed by atoms with Gasteiger partial charge in [0, 0.05) is 26.3 Å². The van der Waals surface area contributed by atoms with Crippen LogP contribution in [0.15, 0.2) is 0 Å².